The van der Waals surface area contributed by atoms with Crippen molar-refractivity contribution in [2.45, 2.75) is 88.9 Å². The average Bonchev–Trinajstić information content (AvgIpc) is 2.59. The molecule has 8 heteroatoms. The normalized spacial score (nSPS) is 50.0. The third-order valence-corrected chi connectivity index (χ3v) is 5.03. The largest absolute Gasteiger partial charge is 0.390 e. The fourth-order valence-electron chi connectivity index (χ4n) is 3.40. The Morgan fingerprint density at radius 2 is 1.33 bits per heavy atom. The Morgan fingerprint density at radius 3 is 1.88 bits per heavy atom. The van der Waals surface area contributed by atoms with E-state index < -0.39 is 49.2 Å². The van der Waals surface area contributed by atoms with Crippen molar-refractivity contribution in [1.82, 2.24) is 0 Å². The minimum atomic E-state index is -1.28. The summed E-state index contributed by atoms with van der Waals surface area (Å²) in [6.45, 7) is 5.57. The van der Waals surface area contributed by atoms with Crippen molar-refractivity contribution in [2.75, 3.05) is 7.11 Å². The molecular formula is C16H30O8. The van der Waals surface area contributed by atoms with Gasteiger partial charge in [-0.15, -0.1) is 0 Å². The lowest BCUT2D eigenvalue weighted by molar-refractivity contribution is -0.349. The molecule has 2 saturated heterocycles. The first kappa shape index (κ1) is 20.0. The van der Waals surface area contributed by atoms with Gasteiger partial charge in [0.2, 0.25) is 0 Å². The second kappa shape index (κ2) is 8.37. The number of hydrogen-bond donors (Lipinski definition) is 4. The van der Waals surface area contributed by atoms with Gasteiger partial charge >= 0.3 is 0 Å². The van der Waals surface area contributed by atoms with Crippen LogP contribution in [0.4, 0.5) is 0 Å². The maximum absolute atomic E-state index is 10.4. The van der Waals surface area contributed by atoms with Crippen molar-refractivity contribution in [2.24, 2.45) is 5.92 Å². The molecule has 2 rings (SSSR count). The SMILES string of the molecule is CC[C@H]1OC(OC2C(O)C(O)C(OC)O[C@@H]2CC)C(O)C(O)C1C. The highest BCUT2D eigenvalue weighted by Gasteiger charge is 2.49. The van der Waals surface area contributed by atoms with Gasteiger partial charge in [-0.2, -0.15) is 0 Å². The van der Waals surface area contributed by atoms with Crippen LogP contribution in [0.5, 0.6) is 0 Å². The zero-order valence-corrected chi connectivity index (χ0v) is 14.6. The summed E-state index contributed by atoms with van der Waals surface area (Å²) in [6, 6.07) is 0. The van der Waals surface area contributed by atoms with Crippen LogP contribution in [0.15, 0.2) is 0 Å². The predicted molar refractivity (Wildman–Crippen MR) is 83.0 cm³/mol. The van der Waals surface area contributed by atoms with Gasteiger partial charge in [-0.1, -0.05) is 20.8 Å². The Hall–Kier alpha value is -0.320. The summed E-state index contributed by atoms with van der Waals surface area (Å²) in [5.74, 6) is -0.234. The first-order valence-electron chi connectivity index (χ1n) is 8.57. The molecule has 0 aromatic rings. The summed E-state index contributed by atoms with van der Waals surface area (Å²) in [5.41, 5.74) is 0. The molecule has 2 aliphatic heterocycles. The fourth-order valence-corrected chi connectivity index (χ4v) is 3.40. The number of ether oxygens (including phenoxy) is 4. The van der Waals surface area contributed by atoms with E-state index in [-0.39, 0.29) is 12.0 Å². The monoisotopic (exact) mass is 350 g/mol. The van der Waals surface area contributed by atoms with Crippen molar-refractivity contribution in [3.8, 4) is 0 Å². The highest BCUT2D eigenvalue weighted by Crippen LogP contribution is 2.32. The summed E-state index contributed by atoms with van der Waals surface area (Å²) in [5, 5.41) is 40.9. The van der Waals surface area contributed by atoms with Gasteiger partial charge in [0.1, 0.15) is 24.4 Å². The van der Waals surface area contributed by atoms with E-state index in [1.807, 2.05) is 13.8 Å². The van der Waals surface area contributed by atoms with Crippen LogP contribution in [0.1, 0.15) is 33.6 Å². The molecule has 10 atom stereocenters. The molecule has 2 aliphatic rings. The Kier molecular flexibility index (Phi) is 6.98. The van der Waals surface area contributed by atoms with E-state index >= 15 is 0 Å². The van der Waals surface area contributed by atoms with E-state index in [2.05, 4.69) is 0 Å². The van der Waals surface area contributed by atoms with E-state index in [4.69, 9.17) is 18.9 Å². The molecule has 0 amide bonds. The Labute approximate surface area is 142 Å². The lowest BCUT2D eigenvalue weighted by atomic mass is 9.89. The minimum absolute atomic E-state index is 0.234. The lowest BCUT2D eigenvalue weighted by Crippen LogP contribution is -2.62. The van der Waals surface area contributed by atoms with E-state index in [1.165, 1.54) is 7.11 Å². The van der Waals surface area contributed by atoms with Crippen molar-refractivity contribution in [1.29, 1.82) is 0 Å². The van der Waals surface area contributed by atoms with E-state index in [0.29, 0.717) is 12.8 Å². The standard InChI is InChI=1S/C16H30O8/c1-5-8-7(3)10(17)12(19)16(22-8)24-14-9(6-2)23-15(21-4)13(20)11(14)18/h7-20H,5-6H2,1-4H3/t7?,8-,9-,10?,11?,12?,13?,14?,15?,16?/m1/s1. The highest BCUT2D eigenvalue weighted by atomic mass is 16.7. The minimum Gasteiger partial charge on any atom is -0.390 e. The molecule has 0 aliphatic carbocycles. The molecule has 0 radical (unpaired) electrons. The van der Waals surface area contributed by atoms with Crippen molar-refractivity contribution in [3.63, 3.8) is 0 Å². The number of rotatable bonds is 5. The summed E-state index contributed by atoms with van der Waals surface area (Å²) in [7, 11) is 1.38. The van der Waals surface area contributed by atoms with Crippen LogP contribution in [-0.4, -0.2) is 82.8 Å². The van der Waals surface area contributed by atoms with Gasteiger partial charge in [0.05, 0.1) is 18.3 Å². The van der Waals surface area contributed by atoms with Crippen molar-refractivity contribution >= 4 is 0 Å². The molecule has 0 bridgehead atoms. The van der Waals surface area contributed by atoms with Crippen LogP contribution in [0.3, 0.4) is 0 Å². The average molecular weight is 350 g/mol. The molecule has 8 nitrogen and oxygen atoms in total. The topological polar surface area (TPSA) is 118 Å². The Bertz CT molecular complexity index is 390. The van der Waals surface area contributed by atoms with Gasteiger partial charge in [0, 0.05) is 13.0 Å². The zero-order chi connectivity index (χ0) is 18.0. The van der Waals surface area contributed by atoms with E-state index in [0.717, 1.165) is 0 Å². The number of methoxy groups -OCH3 is 1. The molecule has 0 aromatic carbocycles. The van der Waals surface area contributed by atoms with Gasteiger partial charge < -0.3 is 39.4 Å². The lowest BCUT2D eigenvalue weighted by Gasteiger charge is -2.46. The third-order valence-electron chi connectivity index (χ3n) is 5.03. The maximum atomic E-state index is 10.4. The predicted octanol–water partition coefficient (Wildman–Crippen LogP) is -0.632. The van der Waals surface area contributed by atoms with E-state index in [1.54, 1.807) is 6.92 Å². The molecule has 0 spiro atoms. The summed E-state index contributed by atoms with van der Waals surface area (Å²) in [6.07, 6.45) is -7.40. The molecule has 8 unspecified atom stereocenters. The molecule has 24 heavy (non-hydrogen) atoms. The summed E-state index contributed by atoms with van der Waals surface area (Å²) < 4.78 is 22.1. The molecule has 0 saturated carbocycles. The number of hydrogen-bond acceptors (Lipinski definition) is 8. The molecule has 2 fully saturated rings. The first-order chi connectivity index (χ1) is 11.3. The van der Waals surface area contributed by atoms with Gasteiger partial charge in [-0.05, 0) is 12.8 Å². The number of aliphatic hydroxyl groups excluding tert-OH is 4. The second-order valence-electron chi connectivity index (χ2n) is 6.56. The second-order valence-corrected chi connectivity index (χ2v) is 6.56. The maximum Gasteiger partial charge on any atom is 0.186 e. The van der Waals surface area contributed by atoms with Crippen LogP contribution >= 0.6 is 0 Å². The fraction of sp³-hybridized carbons (Fsp3) is 1.00. The number of aliphatic hydroxyl groups is 4. The quantitative estimate of drug-likeness (QED) is 0.518. The Morgan fingerprint density at radius 1 is 0.792 bits per heavy atom. The molecular weight excluding hydrogens is 320 g/mol. The van der Waals surface area contributed by atoms with Crippen LogP contribution in [0.25, 0.3) is 0 Å². The Balaban J connectivity index is 2.12. The highest BCUT2D eigenvalue weighted by molar-refractivity contribution is 4.92. The van der Waals surface area contributed by atoms with Crippen LogP contribution in [-0.2, 0) is 18.9 Å². The van der Waals surface area contributed by atoms with Gasteiger partial charge in [-0.3, -0.25) is 0 Å². The molecule has 4 N–H and O–H groups in total. The zero-order valence-electron chi connectivity index (χ0n) is 14.6. The van der Waals surface area contributed by atoms with Crippen LogP contribution in [0.2, 0.25) is 0 Å². The van der Waals surface area contributed by atoms with Crippen LogP contribution in [0, 0.1) is 5.92 Å². The van der Waals surface area contributed by atoms with Crippen molar-refractivity contribution < 1.29 is 39.4 Å². The third kappa shape index (κ3) is 3.76. The molecule has 0 aromatic heterocycles. The van der Waals surface area contributed by atoms with E-state index in [9.17, 15) is 20.4 Å². The molecule has 142 valence electrons. The van der Waals surface area contributed by atoms with Crippen LogP contribution < -0.4 is 0 Å². The van der Waals surface area contributed by atoms with Gasteiger partial charge in [-0.25, -0.2) is 0 Å². The smallest absolute Gasteiger partial charge is 0.186 e. The van der Waals surface area contributed by atoms with Gasteiger partial charge in [0.15, 0.2) is 12.6 Å². The summed E-state index contributed by atoms with van der Waals surface area (Å²) >= 11 is 0. The van der Waals surface area contributed by atoms with Crippen molar-refractivity contribution in [3.05, 3.63) is 0 Å². The molecule has 2 heterocycles. The first-order valence-corrected chi connectivity index (χ1v) is 8.57. The van der Waals surface area contributed by atoms with Gasteiger partial charge in [0.25, 0.3) is 0 Å². The summed E-state index contributed by atoms with van der Waals surface area (Å²) in [4.78, 5) is 0.